The normalized spacial score (nSPS) is 10.9. The Bertz CT molecular complexity index is 1020. The van der Waals surface area contributed by atoms with E-state index >= 15 is 0 Å². The maximum absolute atomic E-state index is 12.4. The van der Waals surface area contributed by atoms with Crippen LogP contribution in [0.3, 0.4) is 0 Å². The van der Waals surface area contributed by atoms with Gasteiger partial charge in [-0.25, -0.2) is 0 Å². The third-order valence-corrected chi connectivity index (χ3v) is 5.04. The summed E-state index contributed by atoms with van der Waals surface area (Å²) < 4.78 is 10.9. The van der Waals surface area contributed by atoms with E-state index in [9.17, 15) is 4.79 Å². The van der Waals surface area contributed by atoms with Gasteiger partial charge in [0, 0.05) is 6.54 Å². The summed E-state index contributed by atoms with van der Waals surface area (Å²) in [6.45, 7) is 1.33. The lowest BCUT2D eigenvalue weighted by Gasteiger charge is -2.07. The number of hydrogen-bond acceptors (Lipinski definition) is 5. The molecule has 0 unspecified atom stereocenters. The lowest BCUT2D eigenvalue weighted by Crippen LogP contribution is -2.23. The number of hydrogen-bond donors (Lipinski definition) is 2. The van der Waals surface area contributed by atoms with Crippen LogP contribution in [0.4, 0.5) is 0 Å². The second-order valence-electron chi connectivity index (χ2n) is 6.22. The molecule has 0 aliphatic carbocycles. The van der Waals surface area contributed by atoms with Crippen LogP contribution in [0.15, 0.2) is 70.7 Å². The zero-order valence-corrected chi connectivity index (χ0v) is 15.9. The van der Waals surface area contributed by atoms with Crippen LogP contribution in [0, 0.1) is 0 Å². The summed E-state index contributed by atoms with van der Waals surface area (Å²) in [6.07, 6.45) is 1.63. The van der Waals surface area contributed by atoms with Gasteiger partial charge < -0.3 is 14.5 Å². The highest BCUT2D eigenvalue weighted by molar-refractivity contribution is 7.13. The van der Waals surface area contributed by atoms with Crippen LogP contribution in [0.2, 0.25) is 0 Å². The predicted molar refractivity (Wildman–Crippen MR) is 107 cm³/mol. The number of carbonyl (C=O) groups excluding carboxylic acids is 1. The molecule has 3 heterocycles. The fourth-order valence-corrected chi connectivity index (χ4v) is 3.45. The van der Waals surface area contributed by atoms with Gasteiger partial charge in [-0.05, 0) is 40.8 Å². The van der Waals surface area contributed by atoms with Crippen LogP contribution in [0.5, 0.6) is 0 Å². The molecule has 0 aliphatic rings. The molecule has 1 amide bonds. The van der Waals surface area contributed by atoms with Crippen molar-refractivity contribution < 1.29 is 13.9 Å². The van der Waals surface area contributed by atoms with Crippen LogP contribution in [0.1, 0.15) is 27.4 Å². The van der Waals surface area contributed by atoms with E-state index in [4.69, 9.17) is 9.15 Å². The molecule has 7 heteroatoms. The fourth-order valence-electron chi connectivity index (χ4n) is 2.76. The van der Waals surface area contributed by atoms with Crippen molar-refractivity contribution in [3.8, 4) is 10.6 Å². The number of nitrogens with zero attached hydrogens (tertiary/aromatic N) is 1. The number of rotatable bonds is 8. The van der Waals surface area contributed by atoms with Gasteiger partial charge >= 0.3 is 0 Å². The number of carbonyl (C=O) groups is 1. The summed E-state index contributed by atoms with van der Waals surface area (Å²) in [5, 5.41) is 11.9. The summed E-state index contributed by atoms with van der Waals surface area (Å²) in [6, 6.07) is 17.4. The number of H-pyrrole nitrogens is 1. The Labute approximate surface area is 166 Å². The number of thiophene rings is 1. The molecule has 0 spiro atoms. The average molecular weight is 393 g/mol. The Hall–Kier alpha value is -3.16. The van der Waals surface area contributed by atoms with Crippen molar-refractivity contribution in [3.05, 3.63) is 88.8 Å². The average Bonchev–Trinajstić information content (AvgIpc) is 3.48. The number of aromatic nitrogens is 2. The largest absolute Gasteiger partial charge is 0.467 e. The second-order valence-corrected chi connectivity index (χ2v) is 7.17. The van der Waals surface area contributed by atoms with E-state index in [1.54, 1.807) is 23.7 Å². The number of aromatic amines is 1. The number of nitrogens with one attached hydrogen (secondary N) is 2. The van der Waals surface area contributed by atoms with Crippen molar-refractivity contribution in [2.24, 2.45) is 0 Å². The van der Waals surface area contributed by atoms with Gasteiger partial charge in [-0.1, -0.05) is 30.3 Å². The lowest BCUT2D eigenvalue weighted by molar-refractivity contribution is 0.0928. The first-order valence-corrected chi connectivity index (χ1v) is 9.71. The summed E-state index contributed by atoms with van der Waals surface area (Å²) >= 11 is 1.60. The van der Waals surface area contributed by atoms with Gasteiger partial charge in [0.25, 0.3) is 5.91 Å². The van der Waals surface area contributed by atoms with Crippen LogP contribution >= 0.6 is 11.3 Å². The quantitative estimate of drug-likeness (QED) is 0.466. The van der Waals surface area contributed by atoms with E-state index in [1.807, 2.05) is 53.9 Å². The summed E-state index contributed by atoms with van der Waals surface area (Å²) in [5.74, 6) is 0.586. The Morgan fingerprint density at radius 2 is 2.04 bits per heavy atom. The molecule has 28 heavy (non-hydrogen) atoms. The number of ether oxygens (including phenoxy) is 1. The SMILES string of the molecule is O=C(NCc1cccc(COCc2ccco2)c1)c1cc(-c2cccs2)[nH]n1. The zero-order valence-electron chi connectivity index (χ0n) is 15.1. The molecule has 4 rings (SSSR count). The van der Waals surface area contributed by atoms with Gasteiger partial charge in [-0.15, -0.1) is 11.3 Å². The third kappa shape index (κ3) is 4.57. The van der Waals surface area contributed by atoms with Crippen molar-refractivity contribution in [3.63, 3.8) is 0 Å². The highest BCUT2D eigenvalue weighted by Gasteiger charge is 2.11. The van der Waals surface area contributed by atoms with E-state index in [2.05, 4.69) is 15.5 Å². The first-order chi connectivity index (χ1) is 13.8. The van der Waals surface area contributed by atoms with E-state index in [0.717, 1.165) is 27.5 Å². The third-order valence-electron chi connectivity index (χ3n) is 4.13. The van der Waals surface area contributed by atoms with Gasteiger partial charge in [0.2, 0.25) is 0 Å². The lowest BCUT2D eigenvalue weighted by atomic mass is 10.1. The van der Waals surface area contributed by atoms with Gasteiger partial charge in [-0.2, -0.15) is 5.10 Å². The molecule has 3 aromatic heterocycles. The van der Waals surface area contributed by atoms with Gasteiger partial charge in [0.1, 0.15) is 12.4 Å². The minimum Gasteiger partial charge on any atom is -0.467 e. The molecule has 0 atom stereocenters. The number of benzene rings is 1. The van der Waals surface area contributed by atoms with E-state index in [-0.39, 0.29) is 5.91 Å². The smallest absolute Gasteiger partial charge is 0.272 e. The molecule has 0 fully saturated rings. The molecule has 0 saturated heterocycles. The molecule has 2 N–H and O–H groups in total. The van der Waals surface area contributed by atoms with Crippen molar-refractivity contribution in [1.82, 2.24) is 15.5 Å². The molecule has 0 radical (unpaired) electrons. The Morgan fingerprint density at radius 3 is 2.86 bits per heavy atom. The summed E-state index contributed by atoms with van der Waals surface area (Å²) in [4.78, 5) is 13.4. The van der Waals surface area contributed by atoms with Crippen molar-refractivity contribution >= 4 is 17.2 Å². The molecule has 0 aliphatic heterocycles. The Morgan fingerprint density at radius 1 is 1.11 bits per heavy atom. The van der Waals surface area contributed by atoms with Crippen molar-refractivity contribution in [1.29, 1.82) is 0 Å². The Kier molecular flexibility index (Phi) is 5.65. The minimum absolute atomic E-state index is 0.210. The molecule has 6 nitrogen and oxygen atoms in total. The number of amides is 1. The van der Waals surface area contributed by atoms with Crippen LogP contribution < -0.4 is 5.32 Å². The molecule has 0 bridgehead atoms. The van der Waals surface area contributed by atoms with Crippen molar-refractivity contribution in [2.75, 3.05) is 0 Å². The molecule has 4 aromatic rings. The minimum atomic E-state index is -0.210. The first kappa shape index (κ1) is 18.2. The van der Waals surface area contributed by atoms with Gasteiger partial charge in [-0.3, -0.25) is 9.89 Å². The van der Waals surface area contributed by atoms with E-state index in [0.29, 0.717) is 25.5 Å². The van der Waals surface area contributed by atoms with E-state index < -0.39 is 0 Å². The molecular formula is C21H19N3O3S. The molecule has 142 valence electrons. The standard InChI is InChI=1S/C21H19N3O3S/c25-21(19-11-18(23-24-19)20-7-3-9-28-20)22-12-15-4-1-5-16(10-15)13-26-14-17-6-2-8-27-17/h1-11H,12-14H2,(H,22,25)(H,23,24). The highest BCUT2D eigenvalue weighted by Crippen LogP contribution is 2.22. The Balaban J connectivity index is 1.30. The number of furan rings is 1. The topological polar surface area (TPSA) is 80.1 Å². The fraction of sp³-hybridized carbons (Fsp3) is 0.143. The van der Waals surface area contributed by atoms with Crippen LogP contribution in [-0.4, -0.2) is 16.1 Å². The highest BCUT2D eigenvalue weighted by atomic mass is 32.1. The summed E-state index contributed by atoms with van der Waals surface area (Å²) in [5.41, 5.74) is 3.26. The first-order valence-electron chi connectivity index (χ1n) is 8.83. The molecule has 1 aromatic carbocycles. The van der Waals surface area contributed by atoms with Crippen molar-refractivity contribution in [2.45, 2.75) is 19.8 Å². The summed E-state index contributed by atoms with van der Waals surface area (Å²) in [7, 11) is 0. The maximum atomic E-state index is 12.4. The predicted octanol–water partition coefficient (Wildman–Crippen LogP) is 4.38. The van der Waals surface area contributed by atoms with E-state index in [1.165, 1.54) is 0 Å². The van der Waals surface area contributed by atoms with Gasteiger partial charge in [0.05, 0.1) is 23.4 Å². The monoisotopic (exact) mass is 393 g/mol. The maximum Gasteiger partial charge on any atom is 0.272 e. The van der Waals surface area contributed by atoms with Gasteiger partial charge in [0.15, 0.2) is 5.69 Å². The molecule has 0 saturated carbocycles. The molecular weight excluding hydrogens is 374 g/mol. The second kappa shape index (κ2) is 8.69. The van der Waals surface area contributed by atoms with Crippen LogP contribution in [0.25, 0.3) is 10.6 Å². The van der Waals surface area contributed by atoms with Crippen LogP contribution in [-0.2, 0) is 24.5 Å². The zero-order chi connectivity index (χ0) is 19.2.